The van der Waals surface area contributed by atoms with Crippen molar-refractivity contribution >= 4 is 54.8 Å². The maximum Gasteiger partial charge on any atom is 0.154 e. The maximum atomic E-state index is 5.48. The van der Waals surface area contributed by atoms with Crippen LogP contribution in [0.1, 0.15) is 12.8 Å². The summed E-state index contributed by atoms with van der Waals surface area (Å²) in [4.78, 5) is 10.5. The first-order chi connectivity index (χ1) is 15.5. The van der Waals surface area contributed by atoms with Crippen LogP contribution in [-0.4, -0.2) is 69.5 Å². The van der Waals surface area contributed by atoms with E-state index < -0.39 is 0 Å². The zero-order chi connectivity index (χ0) is 22.9. The van der Waals surface area contributed by atoms with E-state index in [4.69, 9.17) is 5.73 Å². The number of hydrogen-bond acceptors (Lipinski definition) is 8. The van der Waals surface area contributed by atoms with Crippen LogP contribution in [0, 0.1) is 0 Å². The summed E-state index contributed by atoms with van der Waals surface area (Å²) in [6.07, 6.45) is 5.52. The van der Waals surface area contributed by atoms with Crippen LogP contribution in [0.2, 0.25) is 0 Å². The fourth-order valence-corrected chi connectivity index (χ4v) is 3.63. The molecule has 0 aliphatic carbocycles. The van der Waals surface area contributed by atoms with Crippen LogP contribution in [0.25, 0.3) is 11.3 Å². The van der Waals surface area contributed by atoms with Crippen molar-refractivity contribution in [1.82, 2.24) is 34.5 Å². The van der Waals surface area contributed by atoms with E-state index in [1.165, 1.54) is 0 Å². The van der Waals surface area contributed by atoms with Crippen molar-refractivity contribution in [2.24, 2.45) is 5.73 Å². The van der Waals surface area contributed by atoms with E-state index in [0.29, 0.717) is 6.54 Å². The minimum atomic E-state index is 0.696. The first-order valence-corrected chi connectivity index (χ1v) is 11.9. The van der Waals surface area contributed by atoms with Gasteiger partial charge in [0, 0.05) is 20.1 Å². The van der Waals surface area contributed by atoms with Crippen LogP contribution < -0.4 is 21.3 Å². The second kappa shape index (κ2) is 12.1. The molecule has 0 saturated carbocycles. The SMILES string of the molecule is CN(CCCN)c1ccc2ncc(Br)n2n1.CNCCCNc1ccc2ncc(Br)n2n1. The molecular weight excluding hydrogens is 540 g/mol. The normalized spacial score (nSPS) is 10.9. The number of nitrogens with two attached hydrogens (primary N) is 1. The van der Waals surface area contributed by atoms with Gasteiger partial charge in [0.2, 0.25) is 0 Å². The van der Waals surface area contributed by atoms with E-state index in [2.05, 4.69) is 67.6 Å². The van der Waals surface area contributed by atoms with Crippen molar-refractivity contribution < 1.29 is 0 Å². The Morgan fingerprint density at radius 3 is 2.25 bits per heavy atom. The molecule has 0 spiro atoms. The molecule has 4 heterocycles. The zero-order valence-corrected chi connectivity index (χ0v) is 21.3. The van der Waals surface area contributed by atoms with E-state index in [0.717, 1.165) is 64.6 Å². The molecule has 0 aliphatic heterocycles. The number of hydrogen-bond donors (Lipinski definition) is 3. The molecule has 0 aromatic carbocycles. The standard InChI is InChI=1S/2C10H14BrN5/c1-15(6-2-5-12)10-4-3-9-13-7-8(11)16(9)14-10;1-12-5-2-6-13-9-3-4-10-14-7-8(11)16(10)15-9/h3-4,7H,2,5-6,12H2,1H3;3-4,7,12H,2,5-6H2,1H3,(H,13,15). The molecule has 4 rings (SSSR count). The van der Waals surface area contributed by atoms with Gasteiger partial charge in [-0.1, -0.05) is 0 Å². The van der Waals surface area contributed by atoms with Crippen LogP contribution in [0.5, 0.6) is 0 Å². The molecule has 0 saturated heterocycles. The summed E-state index contributed by atoms with van der Waals surface area (Å²) in [5.41, 5.74) is 7.16. The summed E-state index contributed by atoms with van der Waals surface area (Å²) >= 11 is 6.80. The zero-order valence-electron chi connectivity index (χ0n) is 18.2. The van der Waals surface area contributed by atoms with Crippen LogP contribution in [0.4, 0.5) is 11.6 Å². The van der Waals surface area contributed by atoms with Crippen molar-refractivity contribution in [3.8, 4) is 0 Å². The number of rotatable bonds is 9. The molecule has 0 bridgehead atoms. The van der Waals surface area contributed by atoms with Gasteiger partial charge < -0.3 is 21.3 Å². The largest absolute Gasteiger partial charge is 0.369 e. The Labute approximate surface area is 203 Å². The molecule has 0 unspecified atom stereocenters. The number of fused-ring (bicyclic) bond motifs is 2. The van der Waals surface area contributed by atoms with Crippen molar-refractivity contribution in [3.63, 3.8) is 0 Å². The second-order valence-corrected chi connectivity index (χ2v) is 8.68. The predicted molar refractivity (Wildman–Crippen MR) is 135 cm³/mol. The molecule has 12 heteroatoms. The molecule has 0 aliphatic rings. The summed E-state index contributed by atoms with van der Waals surface area (Å²) in [5.74, 6) is 1.78. The fourth-order valence-electron chi connectivity index (χ4n) is 2.90. The van der Waals surface area contributed by atoms with Crippen LogP contribution in [0.3, 0.4) is 0 Å². The Balaban J connectivity index is 0.000000181. The molecule has 0 atom stereocenters. The molecular formula is C20H28Br2N10. The van der Waals surface area contributed by atoms with Gasteiger partial charge in [0.05, 0.1) is 12.4 Å². The Morgan fingerprint density at radius 2 is 1.59 bits per heavy atom. The number of nitrogens with one attached hydrogen (secondary N) is 2. The van der Waals surface area contributed by atoms with Crippen LogP contribution in [-0.2, 0) is 0 Å². The lowest BCUT2D eigenvalue weighted by Crippen LogP contribution is -2.22. The summed E-state index contributed by atoms with van der Waals surface area (Å²) in [5, 5.41) is 15.3. The van der Waals surface area contributed by atoms with E-state index >= 15 is 0 Å². The van der Waals surface area contributed by atoms with Gasteiger partial charge >= 0.3 is 0 Å². The topological polar surface area (TPSA) is 114 Å². The summed E-state index contributed by atoms with van der Waals surface area (Å²) in [6, 6.07) is 7.80. The molecule has 32 heavy (non-hydrogen) atoms. The lowest BCUT2D eigenvalue weighted by atomic mass is 10.4. The van der Waals surface area contributed by atoms with Gasteiger partial charge in [-0.2, -0.15) is 0 Å². The summed E-state index contributed by atoms with van der Waals surface area (Å²) in [7, 11) is 3.96. The Bertz CT molecular complexity index is 1130. The third-order valence-corrected chi connectivity index (χ3v) is 5.71. The minimum Gasteiger partial charge on any atom is -0.369 e. The number of imidazole rings is 2. The van der Waals surface area contributed by atoms with Gasteiger partial charge in [-0.15, -0.1) is 10.2 Å². The summed E-state index contributed by atoms with van der Waals surface area (Å²) < 4.78 is 5.26. The van der Waals surface area contributed by atoms with Crippen molar-refractivity contribution in [2.75, 3.05) is 50.5 Å². The quantitative estimate of drug-likeness (QED) is 0.265. The van der Waals surface area contributed by atoms with Crippen molar-refractivity contribution in [1.29, 1.82) is 0 Å². The first kappa shape index (κ1) is 24.4. The molecule has 0 amide bonds. The third-order valence-electron chi connectivity index (χ3n) is 4.63. The number of aromatic nitrogens is 6. The molecule has 4 N–H and O–H groups in total. The fraction of sp³-hybridized carbons (Fsp3) is 0.400. The predicted octanol–water partition coefficient (Wildman–Crippen LogP) is 2.79. The number of nitrogens with zero attached hydrogens (tertiary/aromatic N) is 7. The molecule has 172 valence electrons. The Morgan fingerprint density at radius 1 is 0.938 bits per heavy atom. The highest BCUT2D eigenvalue weighted by Gasteiger charge is 2.06. The van der Waals surface area contributed by atoms with Gasteiger partial charge in [-0.25, -0.2) is 19.0 Å². The first-order valence-electron chi connectivity index (χ1n) is 10.3. The molecule has 0 radical (unpaired) electrons. The molecule has 10 nitrogen and oxygen atoms in total. The molecule has 4 aromatic rings. The Kier molecular flexibility index (Phi) is 9.21. The lowest BCUT2D eigenvalue weighted by Gasteiger charge is -2.17. The molecule has 0 fully saturated rings. The minimum absolute atomic E-state index is 0.696. The third kappa shape index (κ3) is 6.37. The van der Waals surface area contributed by atoms with Gasteiger partial charge in [-0.05, 0) is 89.1 Å². The van der Waals surface area contributed by atoms with Crippen LogP contribution in [0.15, 0.2) is 45.9 Å². The highest BCUT2D eigenvalue weighted by atomic mass is 79.9. The van der Waals surface area contributed by atoms with E-state index in [1.807, 2.05) is 38.4 Å². The highest BCUT2D eigenvalue weighted by molar-refractivity contribution is 9.10. The monoisotopic (exact) mass is 566 g/mol. The average Bonchev–Trinajstić information content (AvgIpc) is 3.37. The smallest absolute Gasteiger partial charge is 0.154 e. The van der Waals surface area contributed by atoms with Crippen LogP contribution >= 0.6 is 31.9 Å². The van der Waals surface area contributed by atoms with E-state index in [-0.39, 0.29) is 0 Å². The number of halogens is 2. The molecule has 4 aromatic heterocycles. The van der Waals surface area contributed by atoms with Gasteiger partial charge in [-0.3, -0.25) is 0 Å². The van der Waals surface area contributed by atoms with Crippen molar-refractivity contribution in [2.45, 2.75) is 12.8 Å². The van der Waals surface area contributed by atoms with Gasteiger partial charge in [0.25, 0.3) is 0 Å². The maximum absolute atomic E-state index is 5.48. The van der Waals surface area contributed by atoms with Gasteiger partial charge in [0.1, 0.15) is 20.8 Å². The highest BCUT2D eigenvalue weighted by Crippen LogP contribution is 2.15. The second-order valence-electron chi connectivity index (χ2n) is 7.06. The number of anilines is 2. The van der Waals surface area contributed by atoms with E-state index in [1.54, 1.807) is 21.4 Å². The van der Waals surface area contributed by atoms with E-state index in [9.17, 15) is 0 Å². The van der Waals surface area contributed by atoms with Gasteiger partial charge in [0.15, 0.2) is 11.3 Å². The summed E-state index contributed by atoms with van der Waals surface area (Å²) in [6.45, 7) is 3.51. The Hall–Kier alpha value is -2.28. The average molecular weight is 568 g/mol. The van der Waals surface area contributed by atoms with Crippen molar-refractivity contribution in [3.05, 3.63) is 45.9 Å². The lowest BCUT2D eigenvalue weighted by molar-refractivity contribution is 0.744.